The summed E-state index contributed by atoms with van der Waals surface area (Å²) in [6.07, 6.45) is 6.64. The van der Waals surface area contributed by atoms with Gasteiger partial charge in [-0.15, -0.1) is 6.42 Å². The average molecular weight is 229 g/mol. The molecule has 1 rings (SSSR count). The van der Waals surface area contributed by atoms with Crippen molar-refractivity contribution in [3.05, 3.63) is 35.4 Å². The first-order valence-corrected chi connectivity index (χ1v) is 5.94. The molecule has 1 amide bonds. The quantitative estimate of drug-likeness (QED) is 0.710. The highest BCUT2D eigenvalue weighted by Crippen LogP contribution is 2.07. The van der Waals surface area contributed by atoms with E-state index in [0.717, 1.165) is 18.5 Å². The molecule has 1 aromatic carbocycles. The van der Waals surface area contributed by atoms with Crippen LogP contribution in [0, 0.1) is 19.3 Å². The zero-order chi connectivity index (χ0) is 12.7. The maximum atomic E-state index is 12.0. The van der Waals surface area contributed by atoms with Crippen LogP contribution in [-0.2, 0) is 11.2 Å². The van der Waals surface area contributed by atoms with Gasteiger partial charge in [-0.3, -0.25) is 4.79 Å². The minimum atomic E-state index is 0.107. The summed E-state index contributed by atoms with van der Waals surface area (Å²) in [5, 5.41) is 0. The number of carbonyl (C=O) groups is 1. The molecule has 0 aliphatic rings. The first-order valence-electron chi connectivity index (χ1n) is 5.94. The average Bonchev–Trinajstić information content (AvgIpc) is 2.28. The van der Waals surface area contributed by atoms with Crippen molar-refractivity contribution in [2.75, 3.05) is 13.1 Å². The first-order chi connectivity index (χ1) is 8.17. The van der Waals surface area contributed by atoms with E-state index in [4.69, 9.17) is 6.42 Å². The molecule has 2 nitrogen and oxygen atoms in total. The fourth-order valence-electron chi connectivity index (χ4n) is 1.78. The monoisotopic (exact) mass is 229 g/mol. The fourth-order valence-corrected chi connectivity index (χ4v) is 1.78. The Balaban J connectivity index is 2.66. The van der Waals surface area contributed by atoms with Crippen LogP contribution < -0.4 is 0 Å². The lowest BCUT2D eigenvalue weighted by atomic mass is 10.1. The number of amides is 1. The Labute approximate surface area is 104 Å². The van der Waals surface area contributed by atoms with Gasteiger partial charge in [0.1, 0.15) is 0 Å². The molecule has 17 heavy (non-hydrogen) atoms. The topological polar surface area (TPSA) is 20.3 Å². The van der Waals surface area contributed by atoms with E-state index in [1.807, 2.05) is 38.1 Å². The van der Waals surface area contributed by atoms with Gasteiger partial charge in [-0.1, -0.05) is 42.7 Å². The molecular weight excluding hydrogens is 210 g/mol. The van der Waals surface area contributed by atoms with Gasteiger partial charge in [-0.2, -0.15) is 0 Å². The van der Waals surface area contributed by atoms with Crippen molar-refractivity contribution in [2.24, 2.45) is 0 Å². The SMILES string of the molecule is C#CCN(CCC)C(=O)Cc1cccc(C)c1. The van der Waals surface area contributed by atoms with Gasteiger partial charge >= 0.3 is 0 Å². The molecule has 90 valence electrons. The van der Waals surface area contributed by atoms with E-state index < -0.39 is 0 Å². The normalized spacial score (nSPS) is 9.71. The lowest BCUT2D eigenvalue weighted by Crippen LogP contribution is -2.33. The number of benzene rings is 1. The molecule has 0 aliphatic carbocycles. The van der Waals surface area contributed by atoms with E-state index in [-0.39, 0.29) is 5.91 Å². The molecule has 0 heterocycles. The highest BCUT2D eigenvalue weighted by atomic mass is 16.2. The van der Waals surface area contributed by atoms with Crippen molar-refractivity contribution < 1.29 is 4.79 Å². The van der Waals surface area contributed by atoms with Crippen LogP contribution in [-0.4, -0.2) is 23.9 Å². The summed E-state index contributed by atoms with van der Waals surface area (Å²) in [5.41, 5.74) is 2.22. The first kappa shape index (κ1) is 13.3. The number of hydrogen-bond donors (Lipinski definition) is 0. The molecule has 2 heteroatoms. The fraction of sp³-hybridized carbons (Fsp3) is 0.400. The highest BCUT2D eigenvalue weighted by molar-refractivity contribution is 5.79. The van der Waals surface area contributed by atoms with E-state index in [0.29, 0.717) is 13.0 Å². The molecule has 0 N–H and O–H groups in total. The third kappa shape index (κ3) is 4.32. The molecule has 0 saturated heterocycles. The molecule has 0 spiro atoms. The molecule has 0 unspecified atom stereocenters. The van der Waals surface area contributed by atoms with Crippen molar-refractivity contribution >= 4 is 5.91 Å². The minimum Gasteiger partial charge on any atom is -0.331 e. The molecular formula is C15H19NO. The van der Waals surface area contributed by atoms with Crippen molar-refractivity contribution in [2.45, 2.75) is 26.7 Å². The third-order valence-corrected chi connectivity index (χ3v) is 2.57. The lowest BCUT2D eigenvalue weighted by Gasteiger charge is -2.19. The largest absolute Gasteiger partial charge is 0.331 e. The molecule has 0 radical (unpaired) electrons. The van der Waals surface area contributed by atoms with Gasteiger partial charge in [0.15, 0.2) is 0 Å². The third-order valence-electron chi connectivity index (χ3n) is 2.57. The Morgan fingerprint density at radius 2 is 2.24 bits per heavy atom. The zero-order valence-electron chi connectivity index (χ0n) is 10.6. The number of nitrogens with zero attached hydrogens (tertiary/aromatic N) is 1. The number of rotatable bonds is 5. The summed E-state index contributed by atoms with van der Waals surface area (Å²) in [5.74, 6) is 2.64. The maximum absolute atomic E-state index is 12.0. The van der Waals surface area contributed by atoms with E-state index in [1.54, 1.807) is 4.90 Å². The van der Waals surface area contributed by atoms with Crippen molar-refractivity contribution in [3.8, 4) is 12.3 Å². The smallest absolute Gasteiger partial charge is 0.227 e. The van der Waals surface area contributed by atoms with E-state index in [9.17, 15) is 4.79 Å². The molecule has 0 fully saturated rings. The van der Waals surface area contributed by atoms with Crippen LogP contribution >= 0.6 is 0 Å². The van der Waals surface area contributed by atoms with Gasteiger partial charge in [0.05, 0.1) is 13.0 Å². The molecule has 0 saturated carbocycles. The summed E-state index contributed by atoms with van der Waals surface area (Å²) in [7, 11) is 0. The Kier molecular flexibility index (Phi) is 5.29. The Morgan fingerprint density at radius 1 is 1.47 bits per heavy atom. The predicted octanol–water partition coefficient (Wildman–Crippen LogP) is 2.41. The van der Waals surface area contributed by atoms with Crippen LogP contribution in [0.5, 0.6) is 0 Å². The summed E-state index contributed by atoms with van der Waals surface area (Å²) in [6, 6.07) is 8.02. The number of carbonyl (C=O) groups excluding carboxylic acids is 1. The van der Waals surface area contributed by atoms with Crippen LogP contribution in [0.4, 0.5) is 0 Å². The van der Waals surface area contributed by atoms with Crippen molar-refractivity contribution in [3.63, 3.8) is 0 Å². The van der Waals surface area contributed by atoms with Crippen molar-refractivity contribution in [1.29, 1.82) is 0 Å². The van der Waals surface area contributed by atoms with E-state index in [2.05, 4.69) is 5.92 Å². The lowest BCUT2D eigenvalue weighted by molar-refractivity contribution is -0.129. The van der Waals surface area contributed by atoms with Gasteiger partial charge in [-0.05, 0) is 18.9 Å². The van der Waals surface area contributed by atoms with Crippen LogP contribution in [0.3, 0.4) is 0 Å². The second-order valence-corrected chi connectivity index (χ2v) is 4.19. The van der Waals surface area contributed by atoms with Crippen LogP contribution in [0.25, 0.3) is 0 Å². The molecule has 0 aliphatic heterocycles. The Morgan fingerprint density at radius 3 is 2.82 bits per heavy atom. The van der Waals surface area contributed by atoms with Crippen LogP contribution in [0.15, 0.2) is 24.3 Å². The van der Waals surface area contributed by atoms with Crippen LogP contribution in [0.2, 0.25) is 0 Å². The zero-order valence-corrected chi connectivity index (χ0v) is 10.6. The maximum Gasteiger partial charge on any atom is 0.227 e. The molecule has 0 atom stereocenters. The Bertz CT molecular complexity index is 417. The number of aryl methyl sites for hydroxylation is 1. The minimum absolute atomic E-state index is 0.107. The van der Waals surface area contributed by atoms with Crippen LogP contribution in [0.1, 0.15) is 24.5 Å². The predicted molar refractivity (Wildman–Crippen MR) is 70.6 cm³/mol. The van der Waals surface area contributed by atoms with Gasteiger partial charge in [0.2, 0.25) is 5.91 Å². The van der Waals surface area contributed by atoms with Gasteiger partial charge in [0, 0.05) is 6.54 Å². The van der Waals surface area contributed by atoms with Gasteiger partial charge < -0.3 is 4.90 Å². The summed E-state index contributed by atoms with van der Waals surface area (Å²) < 4.78 is 0. The second kappa shape index (κ2) is 6.75. The van der Waals surface area contributed by atoms with Crippen molar-refractivity contribution in [1.82, 2.24) is 4.90 Å². The van der Waals surface area contributed by atoms with E-state index >= 15 is 0 Å². The Hall–Kier alpha value is -1.75. The summed E-state index contributed by atoms with van der Waals surface area (Å²) >= 11 is 0. The number of hydrogen-bond acceptors (Lipinski definition) is 1. The molecule has 0 bridgehead atoms. The molecule has 0 aromatic heterocycles. The summed E-state index contributed by atoms with van der Waals surface area (Å²) in [4.78, 5) is 13.8. The standard InChI is InChI=1S/C15H19NO/c1-4-9-16(10-5-2)15(17)12-14-8-6-7-13(3)11-14/h1,6-8,11H,5,9-10,12H2,2-3H3. The number of terminal acetylenes is 1. The highest BCUT2D eigenvalue weighted by Gasteiger charge is 2.11. The molecule has 1 aromatic rings. The van der Waals surface area contributed by atoms with Gasteiger partial charge in [-0.25, -0.2) is 0 Å². The second-order valence-electron chi connectivity index (χ2n) is 4.19. The summed E-state index contributed by atoms with van der Waals surface area (Å²) in [6.45, 7) is 5.20. The van der Waals surface area contributed by atoms with E-state index in [1.165, 1.54) is 5.56 Å². The van der Waals surface area contributed by atoms with Gasteiger partial charge in [0.25, 0.3) is 0 Å².